The number of nitrogens with zero attached hydrogens (tertiary/aromatic N) is 4. The van der Waals surface area contributed by atoms with Gasteiger partial charge in [-0.05, 0) is 57.9 Å². The molecular formula is C24H36N6O2. The minimum atomic E-state index is 0. The van der Waals surface area contributed by atoms with Crippen LogP contribution in [0.25, 0.3) is 11.0 Å². The zero-order valence-electron chi connectivity index (χ0n) is 19.3. The second-order valence-electron chi connectivity index (χ2n) is 8.54. The molecule has 0 spiro atoms. The van der Waals surface area contributed by atoms with Gasteiger partial charge in [0, 0.05) is 37.4 Å². The summed E-state index contributed by atoms with van der Waals surface area (Å²) < 4.78 is 8.08. The molecule has 1 saturated heterocycles. The predicted molar refractivity (Wildman–Crippen MR) is 129 cm³/mol. The van der Waals surface area contributed by atoms with Crippen LogP contribution in [0.3, 0.4) is 0 Å². The van der Waals surface area contributed by atoms with Crippen molar-refractivity contribution in [3.8, 4) is 5.75 Å². The number of nitrogens with two attached hydrogens (primary N) is 1. The number of rotatable bonds is 8. The fourth-order valence-corrected chi connectivity index (χ4v) is 4.34. The smallest absolute Gasteiger partial charge is 0.204 e. The van der Waals surface area contributed by atoms with Gasteiger partial charge >= 0.3 is 0 Å². The van der Waals surface area contributed by atoms with Crippen LogP contribution in [0.2, 0.25) is 0 Å². The fraction of sp³-hybridized carbons (Fsp3) is 0.500. The van der Waals surface area contributed by atoms with Crippen molar-refractivity contribution in [3.05, 3.63) is 47.8 Å². The molecule has 1 unspecified atom stereocenters. The van der Waals surface area contributed by atoms with Crippen LogP contribution in [-0.2, 0) is 6.54 Å². The first-order chi connectivity index (χ1) is 15.0. The van der Waals surface area contributed by atoms with E-state index in [1.54, 1.807) is 0 Å². The van der Waals surface area contributed by atoms with E-state index in [2.05, 4.69) is 39.9 Å². The van der Waals surface area contributed by atoms with Crippen molar-refractivity contribution in [2.24, 2.45) is 5.73 Å². The Balaban J connectivity index is 0.00000289. The zero-order chi connectivity index (χ0) is 21.8. The fourth-order valence-electron chi connectivity index (χ4n) is 4.34. The number of anilines is 1. The Morgan fingerprint density at radius 2 is 1.91 bits per heavy atom. The number of hydrogen-bond donors (Lipinski definition) is 2. The number of imidazole rings is 1. The summed E-state index contributed by atoms with van der Waals surface area (Å²) in [7, 11) is 0. The second kappa shape index (κ2) is 10.8. The van der Waals surface area contributed by atoms with Gasteiger partial charge < -0.3 is 30.7 Å². The number of hydrogen-bond acceptors (Lipinski definition) is 6. The van der Waals surface area contributed by atoms with Gasteiger partial charge in [-0.3, -0.25) is 4.98 Å². The molecule has 0 radical (unpaired) electrons. The van der Waals surface area contributed by atoms with Gasteiger partial charge in [0.1, 0.15) is 11.4 Å². The van der Waals surface area contributed by atoms with E-state index >= 15 is 0 Å². The van der Waals surface area contributed by atoms with Crippen LogP contribution < -0.4 is 15.8 Å². The Bertz CT molecular complexity index is 1010. The average molecular weight is 441 g/mol. The summed E-state index contributed by atoms with van der Waals surface area (Å²) in [5, 5.41) is 3.72. The highest BCUT2D eigenvalue weighted by atomic mass is 16.5. The van der Waals surface area contributed by atoms with E-state index in [1.165, 1.54) is 0 Å². The molecule has 174 valence electrons. The summed E-state index contributed by atoms with van der Waals surface area (Å²) in [5.74, 6) is 1.73. The summed E-state index contributed by atoms with van der Waals surface area (Å²) in [6.07, 6.45) is 2.17. The Morgan fingerprint density at radius 1 is 1.16 bits per heavy atom. The lowest BCUT2D eigenvalue weighted by atomic mass is 10.0. The lowest BCUT2D eigenvalue weighted by Gasteiger charge is -2.33. The molecule has 1 aliphatic rings. The Kier molecular flexibility index (Phi) is 8.06. The molecule has 0 amide bonds. The average Bonchev–Trinajstić information content (AvgIpc) is 3.08. The SMILES string of the molecule is CCOc1ccc(C)nc1Cn1c(NC2CCN(CC(C)N)CC2)nc2ccccc21.O. The zero-order valence-corrected chi connectivity index (χ0v) is 19.3. The Labute approximate surface area is 190 Å². The van der Waals surface area contributed by atoms with E-state index in [0.717, 1.165) is 66.6 Å². The molecule has 4 rings (SSSR count). The van der Waals surface area contributed by atoms with Crippen molar-refractivity contribution in [2.45, 2.75) is 52.2 Å². The first-order valence-corrected chi connectivity index (χ1v) is 11.3. The van der Waals surface area contributed by atoms with Crippen molar-refractivity contribution < 1.29 is 10.2 Å². The number of aryl methyl sites for hydroxylation is 1. The van der Waals surface area contributed by atoms with Crippen molar-refractivity contribution in [3.63, 3.8) is 0 Å². The van der Waals surface area contributed by atoms with Gasteiger partial charge in [0.2, 0.25) is 5.95 Å². The normalized spacial score (nSPS) is 16.0. The first-order valence-electron chi connectivity index (χ1n) is 11.3. The maximum Gasteiger partial charge on any atom is 0.204 e. The minimum absolute atomic E-state index is 0. The monoisotopic (exact) mass is 440 g/mol. The molecule has 3 aromatic rings. The molecule has 2 aromatic heterocycles. The van der Waals surface area contributed by atoms with Crippen molar-refractivity contribution in [2.75, 3.05) is 31.6 Å². The number of para-hydroxylation sites is 2. The van der Waals surface area contributed by atoms with E-state index in [9.17, 15) is 0 Å². The standard InChI is InChI=1S/C24H34N6O.H2O/c1-4-31-23-10-9-18(3)26-21(23)16-30-22-8-6-5-7-20(22)28-24(30)27-19-11-13-29(14-12-19)15-17(2)25;/h5-10,17,19H,4,11-16,25H2,1-3H3,(H,27,28);1H2. The third-order valence-corrected chi connectivity index (χ3v) is 5.80. The third-order valence-electron chi connectivity index (χ3n) is 5.80. The Hall–Kier alpha value is -2.68. The van der Waals surface area contributed by atoms with E-state index in [-0.39, 0.29) is 11.5 Å². The number of likely N-dealkylation sites (tertiary alicyclic amines) is 1. The molecule has 8 heteroatoms. The van der Waals surface area contributed by atoms with Crippen LogP contribution in [0.4, 0.5) is 5.95 Å². The molecule has 1 aromatic carbocycles. The van der Waals surface area contributed by atoms with E-state index in [4.69, 9.17) is 20.4 Å². The number of benzene rings is 1. The van der Waals surface area contributed by atoms with Gasteiger partial charge in [0.15, 0.2) is 0 Å². The Morgan fingerprint density at radius 3 is 2.62 bits per heavy atom. The summed E-state index contributed by atoms with van der Waals surface area (Å²) in [6, 6.07) is 12.9. The molecule has 32 heavy (non-hydrogen) atoms. The highest BCUT2D eigenvalue weighted by Crippen LogP contribution is 2.26. The molecule has 8 nitrogen and oxygen atoms in total. The van der Waals surface area contributed by atoms with E-state index in [1.807, 2.05) is 32.0 Å². The van der Waals surface area contributed by atoms with Gasteiger partial charge in [0.05, 0.1) is 24.2 Å². The summed E-state index contributed by atoms with van der Waals surface area (Å²) in [6.45, 7) is 10.4. The van der Waals surface area contributed by atoms with Gasteiger partial charge in [-0.25, -0.2) is 4.98 Å². The number of piperidine rings is 1. The number of nitrogens with one attached hydrogen (secondary N) is 1. The topological polar surface area (TPSA) is 113 Å². The number of aromatic nitrogens is 3. The largest absolute Gasteiger partial charge is 0.492 e. The molecule has 1 fully saturated rings. The number of ether oxygens (including phenoxy) is 1. The highest BCUT2D eigenvalue weighted by molar-refractivity contribution is 5.78. The summed E-state index contributed by atoms with van der Waals surface area (Å²) in [5.41, 5.74) is 9.98. The molecule has 5 N–H and O–H groups in total. The quantitative estimate of drug-likeness (QED) is 0.557. The molecule has 0 bridgehead atoms. The van der Waals surface area contributed by atoms with Crippen LogP contribution in [0.1, 0.15) is 38.1 Å². The molecule has 0 saturated carbocycles. The number of fused-ring (bicyclic) bond motifs is 1. The van der Waals surface area contributed by atoms with Gasteiger partial charge in [-0.2, -0.15) is 0 Å². The maximum atomic E-state index is 5.98. The van der Waals surface area contributed by atoms with Crippen LogP contribution in [0.5, 0.6) is 5.75 Å². The minimum Gasteiger partial charge on any atom is -0.492 e. The van der Waals surface area contributed by atoms with Crippen LogP contribution >= 0.6 is 0 Å². The molecule has 1 atom stereocenters. The molecule has 3 heterocycles. The van der Waals surface area contributed by atoms with Crippen molar-refractivity contribution in [1.82, 2.24) is 19.4 Å². The van der Waals surface area contributed by atoms with Crippen molar-refractivity contribution >= 4 is 17.0 Å². The van der Waals surface area contributed by atoms with Crippen LogP contribution in [0.15, 0.2) is 36.4 Å². The lowest BCUT2D eigenvalue weighted by Crippen LogP contribution is -2.44. The first kappa shape index (κ1) is 24.0. The molecular weight excluding hydrogens is 404 g/mol. The maximum absolute atomic E-state index is 5.98. The number of pyridine rings is 1. The second-order valence-corrected chi connectivity index (χ2v) is 8.54. The molecule has 0 aliphatic carbocycles. The van der Waals surface area contributed by atoms with Crippen molar-refractivity contribution in [1.29, 1.82) is 0 Å². The molecule has 1 aliphatic heterocycles. The van der Waals surface area contributed by atoms with Gasteiger partial charge in [0.25, 0.3) is 0 Å². The van der Waals surface area contributed by atoms with E-state index in [0.29, 0.717) is 19.2 Å². The summed E-state index contributed by atoms with van der Waals surface area (Å²) in [4.78, 5) is 12.2. The van der Waals surface area contributed by atoms with Gasteiger partial charge in [-0.15, -0.1) is 0 Å². The third kappa shape index (κ3) is 5.56. The predicted octanol–water partition coefficient (Wildman–Crippen LogP) is 2.59. The summed E-state index contributed by atoms with van der Waals surface area (Å²) >= 11 is 0. The lowest BCUT2D eigenvalue weighted by molar-refractivity contribution is 0.210. The van der Waals surface area contributed by atoms with Crippen LogP contribution in [0, 0.1) is 6.92 Å². The highest BCUT2D eigenvalue weighted by Gasteiger charge is 2.22. The van der Waals surface area contributed by atoms with Gasteiger partial charge in [-0.1, -0.05) is 12.1 Å². The van der Waals surface area contributed by atoms with E-state index < -0.39 is 0 Å². The van der Waals surface area contributed by atoms with Crippen LogP contribution in [-0.4, -0.2) is 63.2 Å².